The summed E-state index contributed by atoms with van der Waals surface area (Å²) >= 11 is 0. The lowest BCUT2D eigenvalue weighted by atomic mass is 9.92. The fourth-order valence-corrected chi connectivity index (χ4v) is 4.53. The van der Waals surface area contributed by atoms with Crippen LogP contribution in [0.4, 0.5) is 5.69 Å². The average Bonchev–Trinajstić information content (AvgIpc) is 3.03. The van der Waals surface area contributed by atoms with Gasteiger partial charge in [0, 0.05) is 6.04 Å². The molecule has 0 bridgehead atoms. The Bertz CT molecular complexity index is 709. The first-order chi connectivity index (χ1) is 12.1. The summed E-state index contributed by atoms with van der Waals surface area (Å²) in [6, 6.07) is 6.05. The Hall–Kier alpha value is -1.56. The van der Waals surface area contributed by atoms with E-state index in [0.29, 0.717) is 5.69 Å². The molecule has 0 spiro atoms. The van der Waals surface area contributed by atoms with Crippen molar-refractivity contribution >= 4 is 21.6 Å². The molecule has 1 saturated carbocycles. The van der Waals surface area contributed by atoms with Crippen LogP contribution in [-0.2, 0) is 14.8 Å². The van der Waals surface area contributed by atoms with Gasteiger partial charge >= 0.3 is 0 Å². The van der Waals surface area contributed by atoms with Crippen molar-refractivity contribution in [2.75, 3.05) is 17.1 Å². The first-order valence-corrected chi connectivity index (χ1v) is 11.4. The topological polar surface area (TPSA) is 66.5 Å². The van der Waals surface area contributed by atoms with Crippen molar-refractivity contribution in [2.24, 2.45) is 0 Å². The van der Waals surface area contributed by atoms with Crippen LogP contribution in [0.5, 0.6) is 0 Å². The Balaban J connectivity index is 2.42. The fraction of sp³-hybridized carbons (Fsp3) is 0.650. The molecular weight excluding hydrogens is 348 g/mol. The smallest absolute Gasteiger partial charge is 0.240 e. The van der Waals surface area contributed by atoms with Crippen LogP contribution in [0, 0.1) is 0 Å². The van der Waals surface area contributed by atoms with Gasteiger partial charge in [-0.05, 0) is 35.8 Å². The van der Waals surface area contributed by atoms with E-state index in [1.807, 2.05) is 45.9 Å². The van der Waals surface area contributed by atoms with E-state index in [4.69, 9.17) is 0 Å². The van der Waals surface area contributed by atoms with E-state index in [2.05, 4.69) is 5.32 Å². The molecule has 2 rings (SSSR count). The maximum Gasteiger partial charge on any atom is 0.240 e. The van der Waals surface area contributed by atoms with E-state index in [-0.39, 0.29) is 30.3 Å². The van der Waals surface area contributed by atoms with Crippen molar-refractivity contribution in [3.8, 4) is 0 Å². The van der Waals surface area contributed by atoms with Crippen LogP contribution in [0.3, 0.4) is 0 Å². The minimum Gasteiger partial charge on any atom is -0.352 e. The predicted octanol–water partition coefficient (Wildman–Crippen LogP) is 3.76. The van der Waals surface area contributed by atoms with Crippen molar-refractivity contribution in [2.45, 2.75) is 71.3 Å². The molecule has 0 heterocycles. The highest BCUT2D eigenvalue weighted by Crippen LogP contribution is 2.36. The maximum absolute atomic E-state index is 12.6. The van der Waals surface area contributed by atoms with E-state index in [0.717, 1.165) is 36.8 Å². The van der Waals surface area contributed by atoms with Crippen LogP contribution in [0.2, 0.25) is 0 Å². The number of rotatable bonds is 7. The van der Waals surface area contributed by atoms with Gasteiger partial charge in [-0.3, -0.25) is 9.10 Å². The van der Waals surface area contributed by atoms with Crippen LogP contribution in [-0.4, -0.2) is 33.2 Å². The molecule has 0 unspecified atom stereocenters. The summed E-state index contributed by atoms with van der Waals surface area (Å²) in [6.45, 7) is 8.01. The Morgan fingerprint density at radius 3 is 2.04 bits per heavy atom. The Morgan fingerprint density at radius 1 is 1.12 bits per heavy atom. The van der Waals surface area contributed by atoms with Crippen molar-refractivity contribution in [1.82, 2.24) is 5.32 Å². The second-order valence-electron chi connectivity index (χ2n) is 7.91. The molecule has 1 aliphatic carbocycles. The third kappa shape index (κ3) is 5.00. The van der Waals surface area contributed by atoms with Crippen molar-refractivity contribution in [3.05, 3.63) is 29.3 Å². The van der Waals surface area contributed by atoms with Gasteiger partial charge in [-0.1, -0.05) is 58.7 Å². The number of carbonyl (C=O) groups is 1. The summed E-state index contributed by atoms with van der Waals surface area (Å²) in [7, 11) is -3.59. The molecule has 0 atom stereocenters. The standard InChI is InChI=1S/C20H32N2O3S/c1-14(2)17-11-8-12-18(15(3)4)20(17)22(26(5,24)25)13-19(23)21-16-9-6-7-10-16/h8,11-12,14-16H,6-7,9-10,13H2,1-5H3,(H,21,23). The van der Waals surface area contributed by atoms with Gasteiger partial charge < -0.3 is 5.32 Å². The lowest BCUT2D eigenvalue weighted by Crippen LogP contribution is -2.44. The number of carbonyl (C=O) groups excluding carboxylic acids is 1. The Kier molecular flexibility index (Phi) is 6.72. The molecule has 0 aromatic heterocycles. The number of hydrogen-bond acceptors (Lipinski definition) is 3. The highest BCUT2D eigenvalue weighted by atomic mass is 32.2. The average molecular weight is 381 g/mol. The number of nitrogens with zero attached hydrogens (tertiary/aromatic N) is 1. The molecule has 0 radical (unpaired) electrons. The summed E-state index contributed by atoms with van der Waals surface area (Å²) in [5.74, 6) is 0.0901. The third-order valence-corrected chi connectivity index (χ3v) is 6.11. The third-order valence-electron chi connectivity index (χ3n) is 5.00. The van der Waals surface area contributed by atoms with Gasteiger partial charge in [-0.25, -0.2) is 8.42 Å². The van der Waals surface area contributed by atoms with Crippen molar-refractivity contribution < 1.29 is 13.2 Å². The van der Waals surface area contributed by atoms with Crippen LogP contribution >= 0.6 is 0 Å². The molecule has 1 N–H and O–H groups in total. The number of nitrogens with one attached hydrogen (secondary N) is 1. The lowest BCUT2D eigenvalue weighted by Gasteiger charge is -2.30. The normalized spacial score (nSPS) is 15.7. The number of anilines is 1. The molecule has 0 saturated heterocycles. The van der Waals surface area contributed by atoms with E-state index < -0.39 is 10.0 Å². The minimum atomic E-state index is -3.59. The zero-order valence-electron chi connectivity index (χ0n) is 16.6. The number of sulfonamides is 1. The highest BCUT2D eigenvalue weighted by Gasteiger charge is 2.28. The molecule has 1 aromatic carbocycles. The summed E-state index contributed by atoms with van der Waals surface area (Å²) in [6.07, 6.45) is 5.37. The Labute approximate surface area is 158 Å². The molecular formula is C20H32N2O3S. The van der Waals surface area contributed by atoms with Crippen molar-refractivity contribution in [3.63, 3.8) is 0 Å². The highest BCUT2D eigenvalue weighted by molar-refractivity contribution is 7.92. The van der Waals surface area contributed by atoms with Crippen LogP contribution in [0.25, 0.3) is 0 Å². The zero-order valence-corrected chi connectivity index (χ0v) is 17.4. The summed E-state index contributed by atoms with van der Waals surface area (Å²) in [5.41, 5.74) is 2.58. The lowest BCUT2D eigenvalue weighted by molar-refractivity contribution is -0.120. The summed E-state index contributed by atoms with van der Waals surface area (Å²) < 4.78 is 26.5. The SMILES string of the molecule is CC(C)c1cccc(C(C)C)c1N(CC(=O)NC1CCCC1)S(C)(=O)=O. The van der Waals surface area contributed by atoms with E-state index in [1.54, 1.807) is 0 Å². The van der Waals surface area contributed by atoms with Gasteiger partial charge in [-0.15, -0.1) is 0 Å². The van der Waals surface area contributed by atoms with Gasteiger partial charge in [0.15, 0.2) is 0 Å². The number of benzene rings is 1. The van der Waals surface area contributed by atoms with Gasteiger partial charge in [-0.2, -0.15) is 0 Å². The number of para-hydroxylation sites is 1. The van der Waals surface area contributed by atoms with Crippen LogP contribution < -0.4 is 9.62 Å². The molecule has 26 heavy (non-hydrogen) atoms. The van der Waals surface area contributed by atoms with Gasteiger partial charge in [0.25, 0.3) is 0 Å². The van der Waals surface area contributed by atoms with Crippen LogP contribution in [0.15, 0.2) is 18.2 Å². The molecule has 6 heteroatoms. The Morgan fingerprint density at radius 2 is 1.62 bits per heavy atom. The first-order valence-electron chi connectivity index (χ1n) is 9.51. The van der Waals surface area contributed by atoms with Gasteiger partial charge in [0.2, 0.25) is 15.9 Å². The molecule has 1 fully saturated rings. The second kappa shape index (κ2) is 8.42. The molecule has 5 nitrogen and oxygen atoms in total. The molecule has 1 aliphatic rings. The molecule has 0 aliphatic heterocycles. The van der Waals surface area contributed by atoms with E-state index in [9.17, 15) is 13.2 Å². The zero-order chi connectivity index (χ0) is 19.5. The van der Waals surface area contributed by atoms with Crippen molar-refractivity contribution in [1.29, 1.82) is 0 Å². The first kappa shape index (κ1) is 20.7. The molecule has 1 aromatic rings. The van der Waals surface area contributed by atoms with E-state index in [1.165, 1.54) is 10.6 Å². The fourth-order valence-electron chi connectivity index (χ4n) is 3.64. The largest absolute Gasteiger partial charge is 0.352 e. The van der Waals surface area contributed by atoms with Gasteiger partial charge in [0.1, 0.15) is 6.54 Å². The summed E-state index contributed by atoms with van der Waals surface area (Å²) in [5, 5.41) is 3.00. The maximum atomic E-state index is 12.6. The molecule has 1 amide bonds. The predicted molar refractivity (Wildman–Crippen MR) is 107 cm³/mol. The summed E-state index contributed by atoms with van der Waals surface area (Å²) in [4.78, 5) is 12.6. The quantitative estimate of drug-likeness (QED) is 0.783. The number of hydrogen-bond donors (Lipinski definition) is 1. The minimum absolute atomic E-state index is 0.158. The van der Waals surface area contributed by atoms with Gasteiger partial charge in [0.05, 0.1) is 11.9 Å². The number of amides is 1. The van der Waals surface area contributed by atoms with Crippen LogP contribution in [0.1, 0.15) is 76.3 Å². The second-order valence-corrected chi connectivity index (χ2v) is 9.82. The van der Waals surface area contributed by atoms with E-state index >= 15 is 0 Å². The monoisotopic (exact) mass is 380 g/mol. The molecule has 146 valence electrons.